The molecule has 3 aromatic rings. The Bertz CT molecular complexity index is 979. The van der Waals surface area contributed by atoms with Crippen LogP contribution in [0.5, 0.6) is 0 Å². The maximum atomic E-state index is 12.4. The summed E-state index contributed by atoms with van der Waals surface area (Å²) in [6.45, 7) is 4.08. The Morgan fingerprint density at radius 1 is 1.48 bits per heavy atom. The molecule has 4 rings (SSSR count). The van der Waals surface area contributed by atoms with Gasteiger partial charge in [-0.15, -0.1) is 0 Å². The SMILES string of the molecule is Cc1cc2[nH]c(=O)c(C(=O)Nc3ccn(CC4CCOC4)n3)cn2n1. The van der Waals surface area contributed by atoms with E-state index in [1.54, 1.807) is 23.0 Å². The fourth-order valence-corrected chi connectivity index (χ4v) is 2.94. The summed E-state index contributed by atoms with van der Waals surface area (Å²) >= 11 is 0. The topological polar surface area (TPSA) is 106 Å². The van der Waals surface area contributed by atoms with Gasteiger partial charge in [-0.2, -0.15) is 10.2 Å². The minimum atomic E-state index is -0.522. The molecule has 0 radical (unpaired) electrons. The molecule has 0 spiro atoms. The molecule has 130 valence electrons. The summed E-state index contributed by atoms with van der Waals surface area (Å²) < 4.78 is 8.60. The number of H-pyrrole nitrogens is 1. The highest BCUT2D eigenvalue weighted by Crippen LogP contribution is 2.15. The van der Waals surface area contributed by atoms with Crippen molar-refractivity contribution in [3.8, 4) is 0 Å². The Morgan fingerprint density at radius 2 is 2.36 bits per heavy atom. The van der Waals surface area contributed by atoms with Crippen molar-refractivity contribution in [1.29, 1.82) is 0 Å². The van der Waals surface area contributed by atoms with Crippen LogP contribution in [0, 0.1) is 12.8 Å². The molecule has 0 aliphatic carbocycles. The lowest BCUT2D eigenvalue weighted by molar-refractivity contribution is 0.102. The van der Waals surface area contributed by atoms with E-state index in [4.69, 9.17) is 4.74 Å². The molecule has 1 aliphatic rings. The number of nitrogens with one attached hydrogen (secondary N) is 2. The molecule has 1 unspecified atom stereocenters. The highest BCUT2D eigenvalue weighted by Gasteiger charge is 2.18. The van der Waals surface area contributed by atoms with Crippen molar-refractivity contribution in [2.24, 2.45) is 5.92 Å². The lowest BCUT2D eigenvalue weighted by atomic mass is 10.1. The molecule has 1 aliphatic heterocycles. The lowest BCUT2D eigenvalue weighted by Gasteiger charge is -2.07. The number of hydrogen-bond acceptors (Lipinski definition) is 5. The van der Waals surface area contributed by atoms with Crippen molar-refractivity contribution in [3.63, 3.8) is 0 Å². The first-order chi connectivity index (χ1) is 12.1. The molecule has 1 fully saturated rings. The zero-order valence-electron chi connectivity index (χ0n) is 13.7. The van der Waals surface area contributed by atoms with Crippen molar-refractivity contribution in [2.75, 3.05) is 18.5 Å². The Balaban J connectivity index is 1.51. The molecule has 1 amide bonds. The van der Waals surface area contributed by atoms with E-state index in [2.05, 4.69) is 20.5 Å². The van der Waals surface area contributed by atoms with Crippen molar-refractivity contribution >= 4 is 17.4 Å². The van der Waals surface area contributed by atoms with Gasteiger partial charge in [0.15, 0.2) is 5.82 Å². The van der Waals surface area contributed by atoms with Gasteiger partial charge in [0, 0.05) is 43.6 Å². The second kappa shape index (κ2) is 6.17. The third kappa shape index (κ3) is 3.18. The molecule has 0 saturated carbocycles. The molecule has 1 saturated heterocycles. The minimum Gasteiger partial charge on any atom is -0.381 e. The van der Waals surface area contributed by atoms with Gasteiger partial charge in [0.2, 0.25) is 0 Å². The van der Waals surface area contributed by atoms with Gasteiger partial charge < -0.3 is 15.0 Å². The van der Waals surface area contributed by atoms with Gasteiger partial charge in [-0.1, -0.05) is 0 Å². The first-order valence-electron chi connectivity index (χ1n) is 8.10. The quantitative estimate of drug-likeness (QED) is 0.730. The summed E-state index contributed by atoms with van der Waals surface area (Å²) in [5.41, 5.74) is 0.812. The molecule has 9 heteroatoms. The third-order valence-corrected chi connectivity index (χ3v) is 4.19. The molecule has 1 atom stereocenters. The van der Waals surface area contributed by atoms with E-state index in [0.717, 1.165) is 31.9 Å². The number of ether oxygens (including phenoxy) is 1. The van der Waals surface area contributed by atoms with E-state index >= 15 is 0 Å². The average Bonchev–Trinajstić information content (AvgIpc) is 3.28. The van der Waals surface area contributed by atoms with Crippen LogP contribution in [-0.2, 0) is 11.3 Å². The summed E-state index contributed by atoms with van der Waals surface area (Å²) in [6, 6.07) is 3.44. The van der Waals surface area contributed by atoms with Crippen LogP contribution in [0.1, 0.15) is 22.5 Å². The van der Waals surface area contributed by atoms with Gasteiger partial charge in [-0.05, 0) is 13.3 Å². The molecule has 25 heavy (non-hydrogen) atoms. The highest BCUT2D eigenvalue weighted by molar-refractivity contribution is 6.03. The zero-order chi connectivity index (χ0) is 17.4. The number of aromatic amines is 1. The fraction of sp³-hybridized carbons (Fsp3) is 0.375. The van der Waals surface area contributed by atoms with E-state index in [1.807, 2.05) is 6.92 Å². The smallest absolute Gasteiger partial charge is 0.264 e. The monoisotopic (exact) mass is 342 g/mol. The van der Waals surface area contributed by atoms with E-state index < -0.39 is 11.5 Å². The maximum Gasteiger partial charge on any atom is 0.264 e. The van der Waals surface area contributed by atoms with E-state index in [9.17, 15) is 9.59 Å². The number of hydrogen-bond donors (Lipinski definition) is 2. The summed E-state index contributed by atoms with van der Waals surface area (Å²) in [7, 11) is 0. The number of carbonyl (C=O) groups is 1. The number of aromatic nitrogens is 5. The second-order valence-electron chi connectivity index (χ2n) is 6.22. The summed E-state index contributed by atoms with van der Waals surface area (Å²) in [5.74, 6) is 0.322. The fourth-order valence-electron chi connectivity index (χ4n) is 2.94. The average molecular weight is 342 g/mol. The molecule has 9 nitrogen and oxygen atoms in total. The molecule has 0 aromatic carbocycles. The van der Waals surface area contributed by atoms with E-state index in [-0.39, 0.29) is 5.56 Å². The van der Waals surface area contributed by atoms with Crippen LogP contribution in [0.2, 0.25) is 0 Å². The standard InChI is InChI=1S/C16H18N6O3/c1-10-6-14-18-16(24)12(8-22(14)19-10)15(23)17-13-2-4-21(20-13)7-11-3-5-25-9-11/h2,4,6,8,11H,3,5,7,9H2,1H3,(H,18,24)(H,17,20,23). The van der Waals surface area contributed by atoms with Crippen LogP contribution < -0.4 is 10.9 Å². The number of nitrogens with zero attached hydrogens (tertiary/aromatic N) is 4. The van der Waals surface area contributed by atoms with Crippen molar-refractivity contribution in [3.05, 3.63) is 46.1 Å². The number of anilines is 1. The molecular formula is C16H18N6O3. The number of amides is 1. The normalized spacial score (nSPS) is 17.2. The molecule has 3 aromatic heterocycles. The van der Waals surface area contributed by atoms with Gasteiger partial charge in [-0.3, -0.25) is 14.3 Å². The van der Waals surface area contributed by atoms with Gasteiger partial charge in [-0.25, -0.2) is 4.52 Å². The molecule has 2 N–H and O–H groups in total. The first kappa shape index (κ1) is 15.6. The van der Waals surface area contributed by atoms with E-state index in [1.165, 1.54) is 10.7 Å². The Hall–Kier alpha value is -2.94. The first-order valence-corrected chi connectivity index (χ1v) is 8.10. The van der Waals surface area contributed by atoms with Crippen molar-refractivity contribution < 1.29 is 9.53 Å². The Labute approximate surface area is 142 Å². The maximum absolute atomic E-state index is 12.4. The summed E-state index contributed by atoms with van der Waals surface area (Å²) in [6.07, 6.45) is 4.24. The van der Waals surface area contributed by atoms with Crippen LogP contribution in [0.4, 0.5) is 5.82 Å². The third-order valence-electron chi connectivity index (χ3n) is 4.19. The van der Waals surface area contributed by atoms with Crippen molar-refractivity contribution in [1.82, 2.24) is 24.4 Å². The number of carbonyl (C=O) groups excluding carboxylic acids is 1. The number of rotatable bonds is 4. The van der Waals surface area contributed by atoms with Gasteiger partial charge >= 0.3 is 0 Å². The lowest BCUT2D eigenvalue weighted by Crippen LogP contribution is -2.24. The highest BCUT2D eigenvalue weighted by atomic mass is 16.5. The van der Waals surface area contributed by atoms with Gasteiger partial charge in [0.1, 0.15) is 11.2 Å². The molecule has 4 heterocycles. The van der Waals surface area contributed by atoms with Crippen LogP contribution in [-0.4, -0.2) is 43.5 Å². The molecule has 0 bridgehead atoms. The summed E-state index contributed by atoms with van der Waals surface area (Å²) in [5, 5.41) is 11.2. The largest absolute Gasteiger partial charge is 0.381 e. The van der Waals surface area contributed by atoms with Crippen LogP contribution in [0.3, 0.4) is 0 Å². The van der Waals surface area contributed by atoms with Crippen LogP contribution >= 0.6 is 0 Å². The Morgan fingerprint density at radius 3 is 3.16 bits per heavy atom. The van der Waals surface area contributed by atoms with Gasteiger partial charge in [0.05, 0.1) is 12.3 Å². The van der Waals surface area contributed by atoms with Crippen LogP contribution in [0.15, 0.2) is 29.3 Å². The second-order valence-corrected chi connectivity index (χ2v) is 6.22. The van der Waals surface area contributed by atoms with Crippen LogP contribution in [0.25, 0.3) is 5.65 Å². The molecular weight excluding hydrogens is 324 g/mol. The number of aryl methyl sites for hydroxylation is 1. The minimum absolute atomic E-state index is 0.0191. The van der Waals surface area contributed by atoms with Crippen molar-refractivity contribution in [2.45, 2.75) is 19.9 Å². The predicted molar refractivity (Wildman–Crippen MR) is 89.7 cm³/mol. The Kier molecular flexibility index (Phi) is 3.85. The van der Waals surface area contributed by atoms with Gasteiger partial charge in [0.25, 0.3) is 11.5 Å². The summed E-state index contributed by atoms with van der Waals surface area (Å²) in [4.78, 5) is 27.2. The number of fused-ring (bicyclic) bond motifs is 1. The predicted octanol–water partition coefficient (Wildman–Crippen LogP) is 0.816. The zero-order valence-corrected chi connectivity index (χ0v) is 13.7. The van der Waals surface area contributed by atoms with E-state index in [0.29, 0.717) is 17.4 Å².